The maximum Gasteiger partial charge on any atom is 0.119 e. The molecule has 0 saturated carbocycles. The number of methoxy groups -OCH3 is 1. The molecule has 1 atom stereocenters. The fourth-order valence-corrected chi connectivity index (χ4v) is 2.61. The van der Waals surface area contributed by atoms with E-state index in [1.54, 1.807) is 7.11 Å². The Morgan fingerprint density at radius 3 is 2.83 bits per heavy atom. The molecule has 0 radical (unpaired) electrons. The van der Waals surface area contributed by atoms with E-state index in [1.165, 1.54) is 22.3 Å². The zero-order valence-corrected chi connectivity index (χ0v) is 10.7. The van der Waals surface area contributed by atoms with Crippen molar-refractivity contribution in [1.82, 2.24) is 5.32 Å². The summed E-state index contributed by atoms with van der Waals surface area (Å²) >= 11 is 0. The lowest BCUT2D eigenvalue weighted by atomic mass is 9.97. The minimum Gasteiger partial charge on any atom is -0.497 e. The molecule has 1 aliphatic heterocycles. The highest BCUT2D eigenvalue weighted by Gasteiger charge is 2.23. The number of aryl methyl sites for hydroxylation is 1. The summed E-state index contributed by atoms with van der Waals surface area (Å²) in [6.07, 6.45) is 0. The van der Waals surface area contributed by atoms with Gasteiger partial charge in [0, 0.05) is 6.54 Å². The third kappa shape index (κ3) is 1.89. The second kappa shape index (κ2) is 4.46. The van der Waals surface area contributed by atoms with Crippen molar-refractivity contribution in [3.05, 3.63) is 64.7 Å². The molecule has 0 bridgehead atoms. The molecule has 2 aromatic carbocycles. The second-order valence-electron chi connectivity index (χ2n) is 4.79. The highest BCUT2D eigenvalue weighted by Crippen LogP contribution is 2.33. The average Bonchev–Trinajstić information content (AvgIpc) is 2.81. The van der Waals surface area contributed by atoms with Gasteiger partial charge >= 0.3 is 0 Å². The van der Waals surface area contributed by atoms with Crippen LogP contribution < -0.4 is 10.1 Å². The smallest absolute Gasteiger partial charge is 0.119 e. The average molecular weight is 239 g/mol. The molecule has 3 rings (SSSR count). The molecule has 2 aromatic rings. The molecule has 0 fully saturated rings. The number of benzene rings is 2. The van der Waals surface area contributed by atoms with Crippen molar-refractivity contribution in [2.24, 2.45) is 0 Å². The first-order valence-corrected chi connectivity index (χ1v) is 6.24. The van der Waals surface area contributed by atoms with E-state index in [4.69, 9.17) is 4.74 Å². The van der Waals surface area contributed by atoms with Gasteiger partial charge in [-0.2, -0.15) is 0 Å². The molecule has 1 heterocycles. The molecule has 0 spiro atoms. The van der Waals surface area contributed by atoms with Crippen molar-refractivity contribution in [1.29, 1.82) is 0 Å². The Hall–Kier alpha value is -1.80. The molecular weight excluding hydrogens is 222 g/mol. The summed E-state index contributed by atoms with van der Waals surface area (Å²) in [5.41, 5.74) is 5.33. The molecule has 18 heavy (non-hydrogen) atoms. The van der Waals surface area contributed by atoms with Crippen LogP contribution in [0.1, 0.15) is 28.3 Å². The van der Waals surface area contributed by atoms with Crippen molar-refractivity contribution in [3.63, 3.8) is 0 Å². The third-order valence-corrected chi connectivity index (χ3v) is 3.53. The van der Waals surface area contributed by atoms with Crippen molar-refractivity contribution < 1.29 is 4.74 Å². The van der Waals surface area contributed by atoms with E-state index in [-0.39, 0.29) is 0 Å². The zero-order chi connectivity index (χ0) is 12.5. The predicted molar refractivity (Wildman–Crippen MR) is 72.9 cm³/mol. The quantitative estimate of drug-likeness (QED) is 0.869. The van der Waals surface area contributed by atoms with Gasteiger partial charge in [0.2, 0.25) is 0 Å². The lowest BCUT2D eigenvalue weighted by molar-refractivity contribution is 0.414. The number of hydrogen-bond acceptors (Lipinski definition) is 2. The van der Waals surface area contributed by atoms with Gasteiger partial charge in [-0.3, -0.25) is 0 Å². The van der Waals surface area contributed by atoms with Crippen LogP contribution in [0.5, 0.6) is 5.75 Å². The first-order valence-electron chi connectivity index (χ1n) is 6.24. The van der Waals surface area contributed by atoms with Gasteiger partial charge in [0.25, 0.3) is 0 Å². The van der Waals surface area contributed by atoms with Crippen molar-refractivity contribution in [2.45, 2.75) is 19.5 Å². The summed E-state index contributed by atoms with van der Waals surface area (Å²) in [5, 5.41) is 3.56. The highest BCUT2D eigenvalue weighted by molar-refractivity contribution is 5.45. The molecule has 0 aliphatic carbocycles. The normalized spacial score (nSPS) is 17.6. The van der Waals surface area contributed by atoms with Gasteiger partial charge in [-0.05, 0) is 35.7 Å². The third-order valence-electron chi connectivity index (χ3n) is 3.53. The van der Waals surface area contributed by atoms with Crippen LogP contribution in [0.4, 0.5) is 0 Å². The Morgan fingerprint density at radius 2 is 2.06 bits per heavy atom. The SMILES string of the molecule is COc1ccc2c(c1)CNC2c1cccc(C)c1. The van der Waals surface area contributed by atoms with Gasteiger partial charge in [0.15, 0.2) is 0 Å². The van der Waals surface area contributed by atoms with E-state index in [9.17, 15) is 0 Å². The van der Waals surface area contributed by atoms with Crippen molar-refractivity contribution in [3.8, 4) is 5.75 Å². The summed E-state index contributed by atoms with van der Waals surface area (Å²) in [6, 6.07) is 15.3. The highest BCUT2D eigenvalue weighted by atomic mass is 16.5. The number of fused-ring (bicyclic) bond motifs is 1. The van der Waals surface area contributed by atoms with Crippen LogP contribution in [0, 0.1) is 6.92 Å². The molecule has 1 N–H and O–H groups in total. The summed E-state index contributed by atoms with van der Waals surface area (Å²) in [6.45, 7) is 3.04. The largest absolute Gasteiger partial charge is 0.497 e. The maximum absolute atomic E-state index is 5.27. The molecular formula is C16H17NO. The van der Waals surface area contributed by atoms with Crippen LogP contribution in [0.15, 0.2) is 42.5 Å². The van der Waals surface area contributed by atoms with Gasteiger partial charge in [-0.25, -0.2) is 0 Å². The van der Waals surface area contributed by atoms with Gasteiger partial charge in [0.05, 0.1) is 13.2 Å². The standard InChI is InChI=1S/C16H17NO/c1-11-4-3-5-12(8-11)16-15-7-6-14(18-2)9-13(15)10-17-16/h3-9,16-17H,10H2,1-2H3. The summed E-state index contributed by atoms with van der Waals surface area (Å²) in [4.78, 5) is 0. The summed E-state index contributed by atoms with van der Waals surface area (Å²) in [7, 11) is 1.71. The minimum atomic E-state index is 0.311. The molecule has 2 heteroatoms. The van der Waals surface area contributed by atoms with E-state index in [0.717, 1.165) is 12.3 Å². The minimum absolute atomic E-state index is 0.311. The summed E-state index contributed by atoms with van der Waals surface area (Å²) in [5.74, 6) is 0.931. The second-order valence-corrected chi connectivity index (χ2v) is 4.79. The van der Waals surface area contributed by atoms with Crippen LogP contribution in [-0.4, -0.2) is 7.11 Å². The number of rotatable bonds is 2. The number of nitrogens with one attached hydrogen (secondary N) is 1. The fraction of sp³-hybridized carbons (Fsp3) is 0.250. The number of hydrogen-bond donors (Lipinski definition) is 1. The van der Waals surface area contributed by atoms with Crippen LogP contribution in [0.3, 0.4) is 0 Å². The van der Waals surface area contributed by atoms with Gasteiger partial charge in [-0.15, -0.1) is 0 Å². The van der Waals surface area contributed by atoms with Crippen LogP contribution in [0.25, 0.3) is 0 Å². The Balaban J connectivity index is 2.00. The van der Waals surface area contributed by atoms with Gasteiger partial charge in [0.1, 0.15) is 5.75 Å². The zero-order valence-electron chi connectivity index (χ0n) is 10.7. The van der Waals surface area contributed by atoms with E-state index < -0.39 is 0 Å². The van der Waals surface area contributed by atoms with E-state index >= 15 is 0 Å². The van der Waals surface area contributed by atoms with Crippen molar-refractivity contribution in [2.75, 3.05) is 7.11 Å². The van der Waals surface area contributed by atoms with Crippen LogP contribution in [0.2, 0.25) is 0 Å². The fourth-order valence-electron chi connectivity index (χ4n) is 2.61. The number of ether oxygens (including phenoxy) is 1. The molecule has 0 amide bonds. The first kappa shape index (κ1) is 11.3. The lowest BCUT2D eigenvalue weighted by Crippen LogP contribution is -2.13. The Bertz CT molecular complexity index is 577. The van der Waals surface area contributed by atoms with Crippen LogP contribution in [-0.2, 0) is 6.54 Å². The monoisotopic (exact) mass is 239 g/mol. The topological polar surface area (TPSA) is 21.3 Å². The molecule has 0 saturated heterocycles. The molecule has 1 aliphatic rings. The van der Waals surface area contributed by atoms with Gasteiger partial charge < -0.3 is 10.1 Å². The molecule has 0 aromatic heterocycles. The predicted octanol–water partition coefficient (Wildman–Crippen LogP) is 3.20. The van der Waals surface area contributed by atoms with Crippen molar-refractivity contribution >= 4 is 0 Å². The molecule has 1 unspecified atom stereocenters. The summed E-state index contributed by atoms with van der Waals surface area (Å²) < 4.78 is 5.27. The lowest BCUT2D eigenvalue weighted by Gasteiger charge is -2.13. The molecule has 92 valence electrons. The first-order chi connectivity index (χ1) is 8.78. The maximum atomic E-state index is 5.27. The Morgan fingerprint density at radius 1 is 1.17 bits per heavy atom. The van der Waals surface area contributed by atoms with Gasteiger partial charge in [-0.1, -0.05) is 35.9 Å². The Kier molecular flexibility index (Phi) is 2.80. The van der Waals surface area contributed by atoms with Crippen LogP contribution >= 0.6 is 0 Å². The van der Waals surface area contributed by atoms with E-state index in [1.807, 2.05) is 6.07 Å². The van der Waals surface area contributed by atoms with E-state index in [0.29, 0.717) is 6.04 Å². The van der Waals surface area contributed by atoms with E-state index in [2.05, 4.69) is 48.6 Å². The Labute approximate surface area is 108 Å². The molecule has 2 nitrogen and oxygen atoms in total.